The number of nitrogens with zero attached hydrogens (tertiary/aromatic N) is 6. The van der Waals surface area contributed by atoms with Gasteiger partial charge < -0.3 is 4.57 Å². The monoisotopic (exact) mass is 766 g/mol. The number of para-hydroxylation sites is 3. The number of aromatic nitrogens is 6. The highest BCUT2D eigenvalue weighted by Gasteiger charge is 2.23. The summed E-state index contributed by atoms with van der Waals surface area (Å²) in [4.78, 5) is 20.4. The van der Waals surface area contributed by atoms with Crippen LogP contribution >= 0.6 is 0 Å². The van der Waals surface area contributed by atoms with Crippen molar-refractivity contribution in [1.82, 2.24) is 28.9 Å². The van der Waals surface area contributed by atoms with E-state index in [0.717, 1.165) is 67.0 Å². The van der Waals surface area contributed by atoms with E-state index in [1.807, 2.05) is 60.7 Å². The molecule has 12 aromatic rings. The molecule has 0 fully saturated rings. The SMILES string of the molecule is c1ccc(-c2nc(-c3ccccc3)nc(-c3ccc(-c4nc(-c5ccccc5)c5c6cc7c(cc6c6ccccc6n45)c4ccccc4n7-c4ccccc4)cc3)n2)cc1. The molecule has 4 aromatic heterocycles. The Morgan fingerprint density at radius 2 is 0.767 bits per heavy atom. The molecule has 60 heavy (non-hydrogen) atoms. The fourth-order valence-corrected chi connectivity index (χ4v) is 8.79. The van der Waals surface area contributed by atoms with E-state index >= 15 is 0 Å². The first-order valence-electron chi connectivity index (χ1n) is 20.2. The predicted molar refractivity (Wildman–Crippen MR) is 245 cm³/mol. The Balaban J connectivity index is 1.11. The average Bonchev–Trinajstić information content (AvgIpc) is 3.89. The molecular weight excluding hydrogens is 733 g/mol. The number of hydrogen-bond donors (Lipinski definition) is 0. The Kier molecular flexibility index (Phi) is 7.74. The molecule has 12 rings (SSSR count). The van der Waals surface area contributed by atoms with Crippen molar-refractivity contribution in [3.05, 3.63) is 206 Å². The van der Waals surface area contributed by atoms with Gasteiger partial charge in [-0.05, 0) is 41.8 Å². The second-order valence-electron chi connectivity index (χ2n) is 15.1. The van der Waals surface area contributed by atoms with E-state index < -0.39 is 0 Å². The predicted octanol–water partition coefficient (Wildman–Crippen LogP) is 13.3. The van der Waals surface area contributed by atoms with Gasteiger partial charge >= 0.3 is 0 Å². The second-order valence-corrected chi connectivity index (χ2v) is 15.1. The van der Waals surface area contributed by atoms with Crippen LogP contribution in [0, 0.1) is 0 Å². The molecule has 0 radical (unpaired) electrons. The molecule has 0 N–H and O–H groups in total. The zero-order valence-electron chi connectivity index (χ0n) is 32.3. The summed E-state index contributed by atoms with van der Waals surface area (Å²) in [5.41, 5.74) is 11.4. The quantitative estimate of drug-likeness (QED) is 0.158. The van der Waals surface area contributed by atoms with Crippen LogP contribution in [-0.2, 0) is 0 Å². The first-order valence-corrected chi connectivity index (χ1v) is 20.2. The molecule has 0 spiro atoms. The highest BCUT2D eigenvalue weighted by Crippen LogP contribution is 2.43. The smallest absolute Gasteiger partial charge is 0.164 e. The summed E-state index contributed by atoms with van der Waals surface area (Å²) in [6, 6.07) is 72.1. The molecule has 0 aliphatic heterocycles. The van der Waals surface area contributed by atoms with Crippen molar-refractivity contribution in [2.45, 2.75) is 0 Å². The van der Waals surface area contributed by atoms with Crippen LogP contribution in [0.4, 0.5) is 0 Å². The number of rotatable bonds is 6. The van der Waals surface area contributed by atoms with E-state index in [2.05, 4.69) is 155 Å². The normalized spacial score (nSPS) is 11.7. The zero-order valence-corrected chi connectivity index (χ0v) is 32.3. The second kappa shape index (κ2) is 13.7. The van der Waals surface area contributed by atoms with Crippen LogP contribution in [0.5, 0.6) is 0 Å². The lowest BCUT2D eigenvalue weighted by Crippen LogP contribution is -2.00. The Labute approximate surface area is 345 Å². The Hall–Kier alpha value is -8.22. The highest BCUT2D eigenvalue weighted by molar-refractivity contribution is 6.23. The van der Waals surface area contributed by atoms with Crippen molar-refractivity contribution in [2.24, 2.45) is 0 Å². The van der Waals surface area contributed by atoms with Crippen molar-refractivity contribution in [3.8, 4) is 62.5 Å². The summed E-state index contributed by atoms with van der Waals surface area (Å²) in [6.45, 7) is 0. The largest absolute Gasteiger partial charge is 0.309 e. The van der Waals surface area contributed by atoms with E-state index in [-0.39, 0.29) is 0 Å². The van der Waals surface area contributed by atoms with Crippen LogP contribution in [0.15, 0.2) is 206 Å². The van der Waals surface area contributed by atoms with Crippen LogP contribution in [0.25, 0.3) is 111 Å². The molecular formula is C54H34N6. The fraction of sp³-hybridized carbons (Fsp3) is 0. The van der Waals surface area contributed by atoms with E-state index in [4.69, 9.17) is 19.9 Å². The minimum absolute atomic E-state index is 0.612. The molecule has 280 valence electrons. The minimum Gasteiger partial charge on any atom is -0.309 e. The van der Waals surface area contributed by atoms with Gasteiger partial charge in [-0.3, -0.25) is 4.40 Å². The van der Waals surface area contributed by atoms with Crippen LogP contribution in [0.1, 0.15) is 0 Å². The summed E-state index contributed by atoms with van der Waals surface area (Å²) < 4.78 is 4.75. The maximum absolute atomic E-state index is 5.56. The lowest BCUT2D eigenvalue weighted by atomic mass is 9.99. The molecule has 6 heteroatoms. The maximum Gasteiger partial charge on any atom is 0.164 e. The molecule has 0 aliphatic carbocycles. The summed E-state index contributed by atoms with van der Waals surface area (Å²) in [5, 5.41) is 5.95. The number of imidazole rings is 1. The molecule has 0 saturated carbocycles. The Morgan fingerprint density at radius 3 is 1.37 bits per heavy atom. The van der Waals surface area contributed by atoms with Crippen LogP contribution in [0.2, 0.25) is 0 Å². The molecule has 6 nitrogen and oxygen atoms in total. The fourth-order valence-electron chi connectivity index (χ4n) is 8.79. The van der Waals surface area contributed by atoms with E-state index in [1.54, 1.807) is 0 Å². The first kappa shape index (κ1) is 33.9. The van der Waals surface area contributed by atoms with Crippen LogP contribution < -0.4 is 0 Å². The summed E-state index contributed by atoms with van der Waals surface area (Å²) in [6.07, 6.45) is 0. The highest BCUT2D eigenvalue weighted by atomic mass is 15.0. The Bertz CT molecular complexity index is 3500. The van der Waals surface area contributed by atoms with Gasteiger partial charge in [0.15, 0.2) is 17.5 Å². The van der Waals surface area contributed by atoms with Gasteiger partial charge in [0.25, 0.3) is 0 Å². The number of hydrogen-bond acceptors (Lipinski definition) is 4. The molecule has 0 unspecified atom stereocenters. The van der Waals surface area contributed by atoms with Crippen molar-refractivity contribution in [2.75, 3.05) is 0 Å². The Morgan fingerprint density at radius 1 is 0.300 bits per heavy atom. The number of benzene rings is 8. The minimum atomic E-state index is 0.612. The summed E-state index contributed by atoms with van der Waals surface area (Å²) in [5.74, 6) is 2.74. The zero-order chi connectivity index (χ0) is 39.6. The third-order valence-electron chi connectivity index (χ3n) is 11.5. The first-order chi connectivity index (χ1) is 29.8. The van der Waals surface area contributed by atoms with Crippen molar-refractivity contribution < 1.29 is 0 Å². The molecule has 0 amide bonds. The average molecular weight is 767 g/mol. The van der Waals surface area contributed by atoms with Crippen molar-refractivity contribution in [3.63, 3.8) is 0 Å². The third-order valence-corrected chi connectivity index (χ3v) is 11.5. The van der Waals surface area contributed by atoms with E-state index in [1.165, 1.54) is 27.1 Å². The van der Waals surface area contributed by atoms with Gasteiger partial charge in [0.05, 0.1) is 27.8 Å². The standard InChI is InChI=1S/C54H34N6/c1-5-17-35(18-6-1)49-50-45-34-48-44(42-26-14-15-27-46(42)59(48)40-23-11-4-12-24-40)33-43(45)41-25-13-16-28-47(41)60(50)54(55-49)39-31-29-38(30-32-39)53-57-51(36-19-7-2-8-20-36)56-52(58-53)37-21-9-3-10-22-37/h1-34H. The van der Waals surface area contributed by atoms with Gasteiger partial charge in [0.2, 0.25) is 0 Å². The summed E-state index contributed by atoms with van der Waals surface area (Å²) in [7, 11) is 0. The topological polar surface area (TPSA) is 60.9 Å². The number of pyridine rings is 1. The summed E-state index contributed by atoms with van der Waals surface area (Å²) >= 11 is 0. The van der Waals surface area contributed by atoms with E-state index in [0.29, 0.717) is 17.5 Å². The van der Waals surface area contributed by atoms with Gasteiger partial charge in [-0.2, -0.15) is 0 Å². The van der Waals surface area contributed by atoms with Gasteiger partial charge in [0.1, 0.15) is 5.82 Å². The lowest BCUT2D eigenvalue weighted by molar-refractivity contribution is 1.07. The van der Waals surface area contributed by atoms with Crippen molar-refractivity contribution in [1.29, 1.82) is 0 Å². The van der Waals surface area contributed by atoms with Crippen LogP contribution in [0.3, 0.4) is 0 Å². The molecule has 0 bridgehead atoms. The molecule has 0 aliphatic rings. The lowest BCUT2D eigenvalue weighted by Gasteiger charge is -2.13. The van der Waals surface area contributed by atoms with Gasteiger partial charge in [-0.1, -0.05) is 170 Å². The van der Waals surface area contributed by atoms with Gasteiger partial charge in [-0.15, -0.1) is 0 Å². The van der Waals surface area contributed by atoms with Gasteiger partial charge in [-0.25, -0.2) is 19.9 Å². The van der Waals surface area contributed by atoms with Gasteiger partial charge in [0, 0.05) is 55.0 Å². The molecule has 8 aromatic carbocycles. The molecule has 4 heterocycles. The maximum atomic E-state index is 5.56. The molecule has 0 saturated heterocycles. The third kappa shape index (κ3) is 5.42. The van der Waals surface area contributed by atoms with E-state index in [9.17, 15) is 0 Å². The van der Waals surface area contributed by atoms with Crippen LogP contribution in [-0.4, -0.2) is 28.9 Å². The molecule has 0 atom stereocenters. The van der Waals surface area contributed by atoms with Crippen molar-refractivity contribution >= 4 is 49.0 Å². The number of fused-ring (bicyclic) bond motifs is 9.